The van der Waals surface area contributed by atoms with Crippen LogP contribution >= 0.6 is 0 Å². The monoisotopic (exact) mass is 452 g/mol. The Balaban J connectivity index is 1.75. The summed E-state index contributed by atoms with van der Waals surface area (Å²) in [5.74, 6) is 0.756. The van der Waals surface area contributed by atoms with Gasteiger partial charge in [-0.3, -0.25) is 0 Å². The first-order valence-electron chi connectivity index (χ1n) is 10.8. The average Bonchev–Trinajstić information content (AvgIpc) is 3.18. The number of rotatable bonds is 3. The van der Waals surface area contributed by atoms with E-state index in [0.29, 0.717) is 24.4 Å². The highest BCUT2D eigenvalue weighted by molar-refractivity contribution is 6.02. The van der Waals surface area contributed by atoms with Gasteiger partial charge >= 0.3 is 6.18 Å². The molecule has 2 aromatic carbocycles. The maximum atomic E-state index is 13.4. The van der Waals surface area contributed by atoms with Crippen LogP contribution in [0.5, 0.6) is 0 Å². The Morgan fingerprint density at radius 2 is 1.67 bits per heavy atom. The van der Waals surface area contributed by atoms with Crippen molar-refractivity contribution < 1.29 is 17.9 Å². The lowest BCUT2D eigenvalue weighted by Crippen LogP contribution is -2.46. The van der Waals surface area contributed by atoms with Crippen LogP contribution in [0.25, 0.3) is 27.8 Å². The highest BCUT2D eigenvalue weighted by Gasteiger charge is 2.31. The molecule has 5 rings (SSSR count). The second-order valence-electron chi connectivity index (χ2n) is 8.39. The molecule has 0 aliphatic carbocycles. The fourth-order valence-electron chi connectivity index (χ4n) is 4.50. The van der Waals surface area contributed by atoms with Gasteiger partial charge in [-0.15, -0.1) is 0 Å². The van der Waals surface area contributed by atoms with Crippen LogP contribution in [0.2, 0.25) is 0 Å². The third-order valence-corrected chi connectivity index (χ3v) is 5.82. The topological polar surface area (TPSA) is 43.2 Å². The molecule has 33 heavy (non-hydrogen) atoms. The maximum Gasteiger partial charge on any atom is 0.416 e. The summed E-state index contributed by atoms with van der Waals surface area (Å²) in [6.45, 7) is 5.37. The van der Waals surface area contributed by atoms with E-state index in [2.05, 4.69) is 14.9 Å². The molecule has 2 unspecified atom stereocenters. The van der Waals surface area contributed by atoms with Gasteiger partial charge in [0.15, 0.2) is 5.65 Å². The van der Waals surface area contributed by atoms with Crippen molar-refractivity contribution in [2.24, 2.45) is 0 Å². The molecule has 2 atom stereocenters. The molecule has 1 aliphatic heterocycles. The standard InChI is InChI=1S/C25H23F3N4O/c1-16-12-31(13-17(2)33-16)23-22-21(18-7-4-3-5-8-18)14-32(24(22)30-15-29-23)20-10-6-9-19(11-20)25(26,27)28/h3-11,14-17H,12-13H2,1-2H3. The van der Waals surface area contributed by atoms with Crippen molar-refractivity contribution in [3.8, 4) is 16.8 Å². The largest absolute Gasteiger partial charge is 0.416 e. The summed E-state index contributed by atoms with van der Waals surface area (Å²) in [6.07, 6.45) is -1.04. The van der Waals surface area contributed by atoms with Crippen LogP contribution in [0.4, 0.5) is 19.0 Å². The predicted octanol–water partition coefficient (Wildman–Crippen LogP) is 5.72. The maximum absolute atomic E-state index is 13.4. The lowest BCUT2D eigenvalue weighted by atomic mass is 10.1. The third kappa shape index (κ3) is 4.06. The SMILES string of the molecule is CC1CN(c2ncnc3c2c(-c2ccccc2)cn3-c2cccc(C(F)(F)F)c2)CC(C)O1. The van der Waals surface area contributed by atoms with E-state index >= 15 is 0 Å². The van der Waals surface area contributed by atoms with E-state index in [9.17, 15) is 13.2 Å². The Bertz CT molecular complexity index is 1280. The molecule has 1 aliphatic rings. The third-order valence-electron chi connectivity index (χ3n) is 5.82. The highest BCUT2D eigenvalue weighted by atomic mass is 19.4. The van der Waals surface area contributed by atoms with Crippen LogP contribution in [0.1, 0.15) is 19.4 Å². The molecule has 0 N–H and O–H groups in total. The summed E-state index contributed by atoms with van der Waals surface area (Å²) in [5, 5.41) is 0.808. The van der Waals surface area contributed by atoms with E-state index in [-0.39, 0.29) is 12.2 Å². The van der Waals surface area contributed by atoms with Crippen molar-refractivity contribution in [1.29, 1.82) is 0 Å². The van der Waals surface area contributed by atoms with Crippen LogP contribution in [0.15, 0.2) is 67.1 Å². The quantitative estimate of drug-likeness (QED) is 0.399. The molecule has 3 heterocycles. The molecule has 1 saturated heterocycles. The first-order chi connectivity index (χ1) is 15.8. The van der Waals surface area contributed by atoms with Crippen LogP contribution in [-0.4, -0.2) is 39.8 Å². The van der Waals surface area contributed by atoms with E-state index in [1.807, 2.05) is 50.4 Å². The zero-order valence-corrected chi connectivity index (χ0v) is 18.3. The van der Waals surface area contributed by atoms with E-state index in [0.717, 1.165) is 34.5 Å². The number of alkyl halides is 3. The number of nitrogens with zero attached hydrogens (tertiary/aromatic N) is 4. The number of anilines is 1. The van der Waals surface area contributed by atoms with Gasteiger partial charge in [-0.1, -0.05) is 36.4 Å². The summed E-state index contributed by atoms with van der Waals surface area (Å²) >= 11 is 0. The fourth-order valence-corrected chi connectivity index (χ4v) is 4.50. The number of aromatic nitrogens is 3. The Morgan fingerprint density at radius 1 is 0.939 bits per heavy atom. The van der Waals surface area contributed by atoms with Gasteiger partial charge in [-0.2, -0.15) is 13.2 Å². The van der Waals surface area contributed by atoms with Crippen molar-refractivity contribution in [3.05, 3.63) is 72.7 Å². The lowest BCUT2D eigenvalue weighted by molar-refractivity contribution is -0.137. The molecule has 2 aromatic heterocycles. The van der Waals surface area contributed by atoms with Gasteiger partial charge < -0.3 is 14.2 Å². The fraction of sp³-hybridized carbons (Fsp3) is 0.280. The number of morpholine rings is 1. The Hall–Kier alpha value is -3.39. The Kier molecular flexibility index (Phi) is 5.32. The lowest BCUT2D eigenvalue weighted by Gasteiger charge is -2.36. The minimum absolute atomic E-state index is 0.0319. The zero-order chi connectivity index (χ0) is 23.2. The second kappa shape index (κ2) is 8.19. The van der Waals surface area contributed by atoms with Gasteiger partial charge in [0.2, 0.25) is 0 Å². The normalized spacial score (nSPS) is 19.2. The van der Waals surface area contributed by atoms with Gasteiger partial charge in [-0.05, 0) is 37.6 Å². The summed E-state index contributed by atoms with van der Waals surface area (Å²) in [5.41, 5.74) is 2.06. The molecule has 0 radical (unpaired) electrons. The zero-order valence-electron chi connectivity index (χ0n) is 18.3. The van der Waals surface area contributed by atoms with Crippen molar-refractivity contribution in [2.75, 3.05) is 18.0 Å². The molecule has 170 valence electrons. The van der Waals surface area contributed by atoms with Gasteiger partial charge in [-0.25, -0.2) is 9.97 Å². The molecule has 0 amide bonds. The first kappa shape index (κ1) is 21.5. The van der Waals surface area contributed by atoms with E-state index in [1.165, 1.54) is 12.4 Å². The van der Waals surface area contributed by atoms with E-state index in [1.54, 1.807) is 10.6 Å². The van der Waals surface area contributed by atoms with Crippen LogP contribution in [-0.2, 0) is 10.9 Å². The van der Waals surface area contributed by atoms with Crippen LogP contribution in [0.3, 0.4) is 0 Å². The number of hydrogen-bond donors (Lipinski definition) is 0. The molecule has 0 spiro atoms. The molecule has 1 fully saturated rings. The number of halogens is 3. The molecular weight excluding hydrogens is 429 g/mol. The van der Waals surface area contributed by atoms with Crippen molar-refractivity contribution in [3.63, 3.8) is 0 Å². The van der Waals surface area contributed by atoms with Gasteiger partial charge in [0.05, 0.1) is 23.2 Å². The highest BCUT2D eigenvalue weighted by Crippen LogP contribution is 2.38. The van der Waals surface area contributed by atoms with Gasteiger partial charge in [0.25, 0.3) is 0 Å². The summed E-state index contributed by atoms with van der Waals surface area (Å²) < 4.78 is 47.8. The van der Waals surface area contributed by atoms with Crippen LogP contribution in [0, 0.1) is 0 Å². The predicted molar refractivity (Wildman–Crippen MR) is 122 cm³/mol. The first-order valence-corrected chi connectivity index (χ1v) is 10.8. The molecule has 8 heteroatoms. The minimum atomic E-state index is -4.43. The van der Waals surface area contributed by atoms with Gasteiger partial charge in [0, 0.05) is 30.5 Å². The van der Waals surface area contributed by atoms with Crippen LogP contribution < -0.4 is 4.90 Å². The summed E-state index contributed by atoms with van der Waals surface area (Å²) in [6, 6.07) is 15.1. The molecular formula is C25H23F3N4O. The number of ether oxygens (including phenoxy) is 1. The Morgan fingerprint density at radius 3 is 2.36 bits per heavy atom. The second-order valence-corrected chi connectivity index (χ2v) is 8.39. The van der Waals surface area contributed by atoms with Crippen molar-refractivity contribution in [1.82, 2.24) is 14.5 Å². The smallest absolute Gasteiger partial charge is 0.372 e. The number of hydrogen-bond acceptors (Lipinski definition) is 4. The summed E-state index contributed by atoms with van der Waals surface area (Å²) in [4.78, 5) is 11.3. The van der Waals surface area contributed by atoms with Crippen molar-refractivity contribution in [2.45, 2.75) is 32.2 Å². The summed E-state index contributed by atoms with van der Waals surface area (Å²) in [7, 11) is 0. The Labute approximate surface area is 189 Å². The van der Waals surface area contributed by atoms with Gasteiger partial charge in [0.1, 0.15) is 12.1 Å². The van der Waals surface area contributed by atoms with E-state index < -0.39 is 11.7 Å². The molecule has 0 bridgehead atoms. The number of benzene rings is 2. The molecule has 0 saturated carbocycles. The number of fused-ring (bicyclic) bond motifs is 1. The van der Waals surface area contributed by atoms with E-state index in [4.69, 9.17) is 4.74 Å². The minimum Gasteiger partial charge on any atom is -0.372 e. The molecule has 4 aromatic rings. The van der Waals surface area contributed by atoms with Crippen molar-refractivity contribution >= 4 is 16.9 Å². The molecule has 5 nitrogen and oxygen atoms in total. The average molecular weight is 452 g/mol.